The van der Waals surface area contributed by atoms with Crippen molar-refractivity contribution in [1.82, 2.24) is 5.32 Å². The molecule has 1 N–H and O–H groups in total. The first-order chi connectivity index (χ1) is 8.53. The molecule has 0 aliphatic rings. The Bertz CT molecular complexity index is 319. The van der Waals surface area contributed by atoms with Crippen molar-refractivity contribution >= 4 is 0 Å². The van der Waals surface area contributed by atoms with Gasteiger partial charge in [-0.2, -0.15) is 0 Å². The second-order valence-corrected chi connectivity index (χ2v) is 5.29. The lowest BCUT2D eigenvalue weighted by Crippen LogP contribution is -2.25. The molecule has 1 aromatic carbocycles. The van der Waals surface area contributed by atoms with Crippen LogP contribution in [0, 0.1) is 0 Å². The molecule has 3 nitrogen and oxygen atoms in total. The maximum absolute atomic E-state index is 5.65. The third-order valence-electron chi connectivity index (χ3n) is 2.60. The fourth-order valence-corrected chi connectivity index (χ4v) is 1.64. The molecule has 0 fully saturated rings. The first-order valence-corrected chi connectivity index (χ1v) is 6.47. The van der Waals surface area contributed by atoms with Gasteiger partial charge in [-0.1, -0.05) is 30.3 Å². The number of likely N-dealkylation sites (N-methyl/N-ethyl adjacent to an activating group) is 1. The Labute approximate surface area is 110 Å². The molecular formula is C15H25NO2. The number of hydrogen-bond donors (Lipinski definition) is 1. The summed E-state index contributed by atoms with van der Waals surface area (Å²) in [5, 5.41) is 3.26. The van der Waals surface area contributed by atoms with E-state index in [1.807, 2.05) is 46.0 Å². The van der Waals surface area contributed by atoms with Crippen molar-refractivity contribution in [3.8, 4) is 0 Å². The van der Waals surface area contributed by atoms with Crippen LogP contribution in [-0.4, -0.2) is 32.5 Å². The van der Waals surface area contributed by atoms with Gasteiger partial charge in [0, 0.05) is 0 Å². The molecule has 3 heteroatoms. The van der Waals surface area contributed by atoms with E-state index in [9.17, 15) is 0 Å². The monoisotopic (exact) mass is 251 g/mol. The van der Waals surface area contributed by atoms with Gasteiger partial charge in [-0.25, -0.2) is 0 Å². The van der Waals surface area contributed by atoms with Crippen LogP contribution in [0.1, 0.15) is 32.4 Å². The van der Waals surface area contributed by atoms with Gasteiger partial charge in [0.25, 0.3) is 0 Å². The zero-order valence-corrected chi connectivity index (χ0v) is 11.9. The molecule has 0 aliphatic heterocycles. The molecular weight excluding hydrogens is 226 g/mol. The molecule has 0 saturated heterocycles. The summed E-state index contributed by atoms with van der Waals surface area (Å²) < 4.78 is 11.3. The highest BCUT2D eigenvalue weighted by Gasteiger charge is 2.11. The topological polar surface area (TPSA) is 30.5 Å². The normalized spacial score (nSPS) is 13.6. The molecule has 1 rings (SSSR count). The molecule has 1 unspecified atom stereocenters. The molecule has 0 saturated carbocycles. The third-order valence-corrected chi connectivity index (χ3v) is 2.60. The first-order valence-electron chi connectivity index (χ1n) is 6.47. The van der Waals surface area contributed by atoms with E-state index >= 15 is 0 Å². The lowest BCUT2D eigenvalue weighted by molar-refractivity contribution is -0.0372. The van der Waals surface area contributed by atoms with Crippen molar-refractivity contribution in [2.24, 2.45) is 0 Å². The number of rotatable bonds is 7. The summed E-state index contributed by atoms with van der Waals surface area (Å²) in [7, 11) is 1.95. The van der Waals surface area contributed by atoms with Crippen molar-refractivity contribution in [3.05, 3.63) is 35.9 Å². The average Bonchev–Trinajstić information content (AvgIpc) is 2.33. The van der Waals surface area contributed by atoms with Crippen molar-refractivity contribution in [2.45, 2.75) is 32.4 Å². The van der Waals surface area contributed by atoms with E-state index in [-0.39, 0.29) is 11.6 Å². The van der Waals surface area contributed by atoms with Crippen LogP contribution in [0.3, 0.4) is 0 Å². The van der Waals surface area contributed by atoms with E-state index in [1.54, 1.807) is 0 Å². The fourth-order valence-electron chi connectivity index (χ4n) is 1.64. The minimum absolute atomic E-state index is 0.0921. The number of ether oxygens (including phenoxy) is 2. The van der Waals surface area contributed by atoms with Crippen LogP contribution in [0.15, 0.2) is 30.3 Å². The maximum Gasteiger partial charge on any atom is 0.0707 e. The average molecular weight is 251 g/mol. The molecule has 0 aliphatic carbocycles. The fraction of sp³-hybridized carbons (Fsp3) is 0.600. The van der Waals surface area contributed by atoms with Gasteiger partial charge in [0.15, 0.2) is 0 Å². The molecule has 0 amide bonds. The second-order valence-electron chi connectivity index (χ2n) is 5.29. The van der Waals surface area contributed by atoms with Crippen LogP contribution in [-0.2, 0) is 9.47 Å². The standard InChI is InChI=1S/C15H25NO2/c1-15(2,3)18-11-10-17-12-14(16-4)13-8-6-5-7-9-13/h5-9,14,16H,10-12H2,1-4H3. The van der Waals surface area contributed by atoms with Gasteiger partial charge in [-0.05, 0) is 33.4 Å². The molecule has 0 spiro atoms. The van der Waals surface area contributed by atoms with Crippen LogP contribution < -0.4 is 5.32 Å². The largest absolute Gasteiger partial charge is 0.377 e. The Kier molecular flexibility index (Phi) is 6.33. The molecule has 1 atom stereocenters. The molecule has 102 valence electrons. The van der Waals surface area contributed by atoms with E-state index in [2.05, 4.69) is 17.4 Å². The minimum atomic E-state index is -0.0921. The number of nitrogens with one attached hydrogen (secondary N) is 1. The van der Waals surface area contributed by atoms with Gasteiger partial charge in [0.1, 0.15) is 0 Å². The Morgan fingerprint density at radius 2 is 1.78 bits per heavy atom. The number of benzene rings is 1. The Hall–Kier alpha value is -0.900. The predicted octanol–water partition coefficient (Wildman–Crippen LogP) is 2.78. The summed E-state index contributed by atoms with van der Waals surface area (Å²) in [6, 6.07) is 10.6. The van der Waals surface area contributed by atoms with E-state index in [0.717, 1.165) is 0 Å². The van der Waals surface area contributed by atoms with Gasteiger partial charge in [0.2, 0.25) is 0 Å². The molecule has 0 heterocycles. The van der Waals surface area contributed by atoms with Gasteiger partial charge in [0.05, 0.1) is 31.5 Å². The third kappa shape index (κ3) is 6.15. The summed E-state index contributed by atoms with van der Waals surface area (Å²) >= 11 is 0. The quantitative estimate of drug-likeness (QED) is 0.756. The molecule has 0 radical (unpaired) electrons. The first kappa shape index (κ1) is 15.2. The minimum Gasteiger partial charge on any atom is -0.377 e. The smallest absolute Gasteiger partial charge is 0.0707 e. The highest BCUT2D eigenvalue weighted by molar-refractivity contribution is 5.18. The predicted molar refractivity (Wildman–Crippen MR) is 74.8 cm³/mol. The van der Waals surface area contributed by atoms with E-state index in [4.69, 9.17) is 9.47 Å². The Balaban J connectivity index is 2.25. The molecule has 0 bridgehead atoms. The Morgan fingerprint density at radius 3 is 2.33 bits per heavy atom. The van der Waals surface area contributed by atoms with Crippen molar-refractivity contribution in [2.75, 3.05) is 26.9 Å². The second kappa shape index (κ2) is 7.52. The van der Waals surface area contributed by atoms with Crippen LogP contribution in [0.2, 0.25) is 0 Å². The highest BCUT2D eigenvalue weighted by atomic mass is 16.5. The Morgan fingerprint density at radius 1 is 1.11 bits per heavy atom. The molecule has 18 heavy (non-hydrogen) atoms. The zero-order valence-electron chi connectivity index (χ0n) is 11.9. The van der Waals surface area contributed by atoms with Crippen molar-refractivity contribution < 1.29 is 9.47 Å². The summed E-state index contributed by atoms with van der Waals surface area (Å²) in [5.74, 6) is 0. The maximum atomic E-state index is 5.65. The summed E-state index contributed by atoms with van der Waals surface area (Å²) in [5.41, 5.74) is 1.15. The summed E-state index contributed by atoms with van der Waals surface area (Å²) in [6.07, 6.45) is 0. The summed E-state index contributed by atoms with van der Waals surface area (Å²) in [4.78, 5) is 0. The van der Waals surface area contributed by atoms with Crippen LogP contribution >= 0.6 is 0 Å². The van der Waals surface area contributed by atoms with Crippen LogP contribution in [0.4, 0.5) is 0 Å². The lowest BCUT2D eigenvalue weighted by Gasteiger charge is -2.20. The SMILES string of the molecule is CNC(COCCOC(C)(C)C)c1ccccc1. The summed E-state index contributed by atoms with van der Waals surface area (Å²) in [6.45, 7) is 8.07. The lowest BCUT2D eigenvalue weighted by atomic mass is 10.1. The van der Waals surface area contributed by atoms with Crippen molar-refractivity contribution in [1.29, 1.82) is 0 Å². The van der Waals surface area contributed by atoms with E-state index < -0.39 is 0 Å². The van der Waals surface area contributed by atoms with Gasteiger partial charge in [-0.3, -0.25) is 0 Å². The van der Waals surface area contributed by atoms with Gasteiger partial charge in [-0.15, -0.1) is 0 Å². The van der Waals surface area contributed by atoms with Crippen molar-refractivity contribution in [3.63, 3.8) is 0 Å². The molecule has 0 aromatic heterocycles. The van der Waals surface area contributed by atoms with Gasteiger partial charge >= 0.3 is 0 Å². The van der Waals surface area contributed by atoms with Crippen LogP contribution in [0.25, 0.3) is 0 Å². The number of hydrogen-bond acceptors (Lipinski definition) is 3. The van der Waals surface area contributed by atoms with E-state index in [0.29, 0.717) is 19.8 Å². The molecule has 1 aromatic rings. The van der Waals surface area contributed by atoms with Crippen LogP contribution in [0.5, 0.6) is 0 Å². The van der Waals surface area contributed by atoms with E-state index in [1.165, 1.54) is 5.56 Å². The van der Waals surface area contributed by atoms with Gasteiger partial charge < -0.3 is 14.8 Å². The zero-order chi connectivity index (χ0) is 13.4. The highest BCUT2D eigenvalue weighted by Crippen LogP contribution is 2.12.